The van der Waals surface area contributed by atoms with E-state index in [2.05, 4.69) is 69.0 Å². The fourth-order valence-electron chi connectivity index (χ4n) is 5.49. The van der Waals surface area contributed by atoms with E-state index in [-0.39, 0.29) is 5.54 Å². The van der Waals surface area contributed by atoms with Crippen LogP contribution in [0.2, 0.25) is 25.7 Å². The highest BCUT2D eigenvalue weighted by molar-refractivity contribution is 6.76. The zero-order chi connectivity index (χ0) is 22.6. The number of rotatable bonds is 14. The maximum absolute atomic E-state index is 4.81. The molecule has 0 amide bonds. The summed E-state index contributed by atoms with van der Waals surface area (Å²) < 4.78 is 0. The molecule has 0 aromatic heterocycles. The lowest BCUT2D eigenvalue weighted by molar-refractivity contribution is -0.463. The van der Waals surface area contributed by atoms with E-state index in [1.807, 2.05) is 0 Å². The monoisotopic (exact) mass is 442 g/mol. The minimum Gasteiger partial charge on any atom is -0.349 e. The smallest absolute Gasteiger partial charge is 0.113 e. The fraction of sp³-hybridized carbons (Fsp3) is 0.724. The predicted octanol–water partition coefficient (Wildman–Crippen LogP) is 8.37. The van der Waals surface area contributed by atoms with Gasteiger partial charge in [0.2, 0.25) is 0 Å². The maximum Gasteiger partial charge on any atom is 0.113 e. The van der Waals surface area contributed by atoms with Crippen molar-refractivity contribution in [3.63, 3.8) is 0 Å². The second-order valence-electron chi connectivity index (χ2n) is 11.7. The predicted molar refractivity (Wildman–Crippen MR) is 141 cm³/mol. The highest BCUT2D eigenvalue weighted by Gasteiger charge is 2.29. The van der Waals surface area contributed by atoms with Crippen molar-refractivity contribution in [3.05, 3.63) is 48.0 Å². The minimum absolute atomic E-state index is 0.119. The molecule has 2 rings (SSSR count). The van der Waals surface area contributed by atoms with E-state index in [0.29, 0.717) is 5.92 Å². The van der Waals surface area contributed by atoms with Gasteiger partial charge in [-0.2, -0.15) is 0 Å². The number of unbranched alkanes of at least 4 members (excludes halogenated alkanes) is 2. The van der Waals surface area contributed by atoms with Crippen LogP contribution >= 0.6 is 0 Å². The Morgan fingerprint density at radius 2 is 1.74 bits per heavy atom. The van der Waals surface area contributed by atoms with Crippen molar-refractivity contribution in [2.45, 2.75) is 128 Å². The number of hydrogen-bond donors (Lipinski definition) is 1. The molecular weight excluding hydrogens is 390 g/mol. The lowest BCUT2D eigenvalue weighted by Gasteiger charge is -2.29. The lowest BCUT2D eigenvalue weighted by atomic mass is 9.82. The molecule has 31 heavy (non-hydrogen) atoms. The Morgan fingerprint density at radius 1 is 1.03 bits per heavy atom. The second-order valence-corrected chi connectivity index (χ2v) is 17.2. The molecule has 1 saturated carbocycles. The first kappa shape index (κ1) is 26.4. The highest BCUT2D eigenvalue weighted by atomic mass is 28.3. The molecule has 0 spiro atoms. The van der Waals surface area contributed by atoms with Crippen molar-refractivity contribution in [2.24, 2.45) is 5.92 Å². The molecule has 1 aromatic rings. The quantitative estimate of drug-likeness (QED) is 0.170. The minimum atomic E-state index is -1.12. The Labute approximate surface area is 195 Å². The average Bonchev–Trinajstić information content (AvgIpc) is 2.75. The Morgan fingerprint density at radius 3 is 2.39 bits per heavy atom. The van der Waals surface area contributed by atoms with Crippen LogP contribution < -0.4 is 5.73 Å². The largest absolute Gasteiger partial charge is 0.349 e. The van der Waals surface area contributed by atoms with E-state index in [4.69, 9.17) is 5.73 Å². The molecule has 176 valence electrons. The fourth-order valence-corrected chi connectivity index (χ4v) is 7.41. The van der Waals surface area contributed by atoms with Crippen LogP contribution in [0.15, 0.2) is 42.5 Å². The first-order chi connectivity index (χ1) is 14.8. The standard InChI is InChI=1S/C29H51NSi/c1-5-6-14-22-29(30,23-15-13-18-26-16-9-7-10-17-26)24-21-28(25-31(2,3)4)27-19-11-8-12-20-27/h8,11-12,14,19-20,22,26,28H,5-7,9-10,13,15-18,21,23-25,30H2,1-4H3/p+1/b22-14+. The third kappa shape index (κ3) is 11.0. The van der Waals surface area contributed by atoms with Gasteiger partial charge in [0.05, 0.1) is 0 Å². The average molecular weight is 443 g/mol. The van der Waals surface area contributed by atoms with E-state index in [1.165, 1.54) is 89.5 Å². The maximum atomic E-state index is 4.81. The van der Waals surface area contributed by atoms with E-state index in [1.54, 1.807) is 5.56 Å². The van der Waals surface area contributed by atoms with Crippen molar-refractivity contribution in [2.75, 3.05) is 0 Å². The van der Waals surface area contributed by atoms with Gasteiger partial charge in [-0.05, 0) is 42.7 Å². The van der Waals surface area contributed by atoms with Crippen molar-refractivity contribution in [3.8, 4) is 0 Å². The molecule has 0 heterocycles. The van der Waals surface area contributed by atoms with Crippen molar-refractivity contribution in [1.82, 2.24) is 0 Å². The molecule has 2 heteroatoms. The second kappa shape index (κ2) is 13.6. The number of allylic oxidation sites excluding steroid dienone is 1. The van der Waals surface area contributed by atoms with Crippen molar-refractivity contribution in [1.29, 1.82) is 0 Å². The molecule has 0 aliphatic heterocycles. The van der Waals surface area contributed by atoms with Crippen LogP contribution in [0.4, 0.5) is 0 Å². The summed E-state index contributed by atoms with van der Waals surface area (Å²) in [6.45, 7) is 9.84. The van der Waals surface area contributed by atoms with Gasteiger partial charge in [-0.1, -0.05) is 120 Å². The molecule has 1 aliphatic carbocycles. The van der Waals surface area contributed by atoms with Gasteiger partial charge < -0.3 is 5.73 Å². The van der Waals surface area contributed by atoms with Crippen LogP contribution in [0.5, 0.6) is 0 Å². The Balaban J connectivity index is 1.95. The molecular formula is C29H52NSi+. The molecule has 0 saturated heterocycles. The van der Waals surface area contributed by atoms with Gasteiger partial charge in [-0.25, -0.2) is 0 Å². The van der Waals surface area contributed by atoms with E-state index in [0.717, 1.165) is 5.92 Å². The van der Waals surface area contributed by atoms with Gasteiger partial charge in [0.25, 0.3) is 0 Å². The summed E-state index contributed by atoms with van der Waals surface area (Å²) in [7, 11) is -1.12. The summed E-state index contributed by atoms with van der Waals surface area (Å²) in [6, 6.07) is 12.7. The van der Waals surface area contributed by atoms with Crippen LogP contribution in [0, 0.1) is 5.92 Å². The van der Waals surface area contributed by atoms with Crippen molar-refractivity contribution >= 4 is 8.07 Å². The number of benzene rings is 1. The molecule has 1 aromatic carbocycles. The Kier molecular flexibility index (Phi) is 11.6. The highest BCUT2D eigenvalue weighted by Crippen LogP contribution is 2.34. The molecule has 0 radical (unpaired) electrons. The van der Waals surface area contributed by atoms with Gasteiger partial charge >= 0.3 is 0 Å². The summed E-state index contributed by atoms with van der Waals surface area (Å²) in [6.07, 6.45) is 22.7. The SMILES string of the molecule is CCC/C=C/C([NH3+])(CCCCC1CCCCC1)CCC(C[Si](C)(C)C)c1ccccc1. The molecule has 0 bridgehead atoms. The van der Waals surface area contributed by atoms with Crippen LogP contribution in [0.25, 0.3) is 0 Å². The Hall–Kier alpha value is -0.863. The molecule has 1 fully saturated rings. The van der Waals surface area contributed by atoms with Gasteiger partial charge in [0, 0.05) is 20.9 Å². The van der Waals surface area contributed by atoms with E-state index >= 15 is 0 Å². The van der Waals surface area contributed by atoms with Crippen molar-refractivity contribution < 1.29 is 5.73 Å². The summed E-state index contributed by atoms with van der Waals surface area (Å²) in [5, 5.41) is 0. The molecule has 2 unspecified atom stereocenters. The van der Waals surface area contributed by atoms with Gasteiger partial charge in [-0.3, -0.25) is 0 Å². The third-order valence-electron chi connectivity index (χ3n) is 7.31. The van der Waals surface area contributed by atoms with Gasteiger partial charge in [0.15, 0.2) is 0 Å². The number of quaternary nitrogens is 1. The van der Waals surface area contributed by atoms with Crippen LogP contribution in [0.3, 0.4) is 0 Å². The van der Waals surface area contributed by atoms with E-state index < -0.39 is 8.07 Å². The molecule has 3 N–H and O–H groups in total. The summed E-state index contributed by atoms with van der Waals surface area (Å²) in [5.41, 5.74) is 6.48. The normalized spacial score (nSPS) is 18.9. The lowest BCUT2D eigenvalue weighted by Crippen LogP contribution is -2.71. The molecule has 2 atom stereocenters. The van der Waals surface area contributed by atoms with Crippen LogP contribution in [0.1, 0.15) is 102 Å². The van der Waals surface area contributed by atoms with E-state index in [9.17, 15) is 0 Å². The van der Waals surface area contributed by atoms with Crippen LogP contribution in [-0.2, 0) is 0 Å². The zero-order valence-corrected chi connectivity index (χ0v) is 22.3. The van der Waals surface area contributed by atoms with Gasteiger partial charge in [-0.15, -0.1) is 0 Å². The zero-order valence-electron chi connectivity index (χ0n) is 21.3. The summed E-state index contributed by atoms with van der Waals surface area (Å²) in [4.78, 5) is 0. The number of hydrogen-bond acceptors (Lipinski definition) is 0. The van der Waals surface area contributed by atoms with Crippen LogP contribution in [-0.4, -0.2) is 13.6 Å². The van der Waals surface area contributed by atoms with Gasteiger partial charge in [0.1, 0.15) is 5.54 Å². The molecule has 1 aliphatic rings. The first-order valence-electron chi connectivity index (χ1n) is 13.4. The topological polar surface area (TPSA) is 27.6 Å². The Bertz CT molecular complexity index is 611. The summed E-state index contributed by atoms with van der Waals surface area (Å²) >= 11 is 0. The first-order valence-corrected chi connectivity index (χ1v) is 17.1. The summed E-state index contributed by atoms with van der Waals surface area (Å²) in [5.74, 6) is 1.71. The third-order valence-corrected chi connectivity index (χ3v) is 9.03. The molecule has 1 nitrogen and oxygen atoms in total.